The molecule has 3 heterocycles. The second-order valence-corrected chi connectivity index (χ2v) is 8.17. The molecule has 3 aromatic rings. The number of aliphatic hydroxyl groups is 1. The first-order valence-corrected chi connectivity index (χ1v) is 10.6. The minimum atomic E-state index is -4.66. The number of hydrogen-bond acceptors (Lipinski definition) is 6. The van der Waals surface area contributed by atoms with Crippen LogP contribution in [0, 0.1) is 6.92 Å². The van der Waals surface area contributed by atoms with Crippen LogP contribution in [0.25, 0.3) is 11.3 Å². The van der Waals surface area contributed by atoms with Crippen LogP contribution in [0.15, 0.2) is 24.5 Å². The first-order chi connectivity index (χ1) is 16.8. The Morgan fingerprint density at radius 1 is 1.11 bits per heavy atom. The summed E-state index contributed by atoms with van der Waals surface area (Å²) >= 11 is 0. The summed E-state index contributed by atoms with van der Waals surface area (Å²) in [5.41, 5.74) is -0.122. The van der Waals surface area contributed by atoms with Gasteiger partial charge in [0.05, 0.1) is 23.1 Å². The van der Waals surface area contributed by atoms with E-state index >= 15 is 0 Å². The van der Waals surface area contributed by atoms with Crippen molar-refractivity contribution in [1.82, 2.24) is 25.0 Å². The van der Waals surface area contributed by atoms with E-state index in [1.807, 2.05) is 0 Å². The molecule has 3 aromatic heterocycles. The van der Waals surface area contributed by atoms with Gasteiger partial charge in [-0.1, -0.05) is 0 Å². The first kappa shape index (κ1) is 27.3. The van der Waals surface area contributed by atoms with Gasteiger partial charge >= 0.3 is 12.4 Å². The largest absolute Gasteiger partial charge is 0.468 e. The number of nitrogens with zero attached hydrogens (tertiary/aromatic N) is 5. The van der Waals surface area contributed by atoms with E-state index in [4.69, 9.17) is 0 Å². The SMILES string of the molecule is Cc1cc(CCC(O)Cc2cnc(OCC(F)(F)F)c(CF)c2)nnc1-c1cn(C)nc1C(F)(F)F. The normalized spacial score (nSPS) is 13.2. The third-order valence-corrected chi connectivity index (χ3v) is 5.09. The summed E-state index contributed by atoms with van der Waals surface area (Å²) in [6.07, 6.45) is -7.32. The van der Waals surface area contributed by atoms with Crippen LogP contribution in [-0.4, -0.2) is 49.0 Å². The summed E-state index contributed by atoms with van der Waals surface area (Å²) in [6.45, 7) is -1.12. The maximum absolute atomic E-state index is 13.3. The highest BCUT2D eigenvalue weighted by atomic mass is 19.4. The molecule has 0 aromatic carbocycles. The van der Waals surface area contributed by atoms with Crippen molar-refractivity contribution in [3.8, 4) is 17.1 Å². The van der Waals surface area contributed by atoms with Crippen LogP contribution < -0.4 is 4.74 Å². The van der Waals surface area contributed by atoms with Gasteiger partial charge in [0, 0.05) is 25.0 Å². The molecule has 3 rings (SSSR count). The number of aliphatic hydroxyl groups excluding tert-OH is 1. The van der Waals surface area contributed by atoms with Gasteiger partial charge in [0.1, 0.15) is 6.67 Å². The smallest absolute Gasteiger partial charge is 0.435 e. The second kappa shape index (κ2) is 10.8. The molecular formula is C22H22F7N5O2. The fourth-order valence-electron chi connectivity index (χ4n) is 3.52. The maximum atomic E-state index is 13.3. The van der Waals surface area contributed by atoms with Crippen molar-refractivity contribution in [1.29, 1.82) is 0 Å². The molecule has 36 heavy (non-hydrogen) atoms. The zero-order valence-corrected chi connectivity index (χ0v) is 19.2. The maximum Gasteiger partial charge on any atom is 0.435 e. The fourth-order valence-corrected chi connectivity index (χ4v) is 3.52. The zero-order valence-electron chi connectivity index (χ0n) is 19.2. The highest BCUT2D eigenvalue weighted by molar-refractivity contribution is 5.65. The van der Waals surface area contributed by atoms with Crippen LogP contribution in [-0.2, 0) is 32.7 Å². The van der Waals surface area contributed by atoms with Crippen molar-refractivity contribution < 1.29 is 40.6 Å². The molecule has 196 valence electrons. The Morgan fingerprint density at radius 2 is 1.83 bits per heavy atom. The summed E-state index contributed by atoms with van der Waals surface area (Å²) in [7, 11) is 1.37. The van der Waals surface area contributed by atoms with E-state index in [1.54, 1.807) is 13.0 Å². The fraction of sp³-hybridized carbons (Fsp3) is 0.455. The van der Waals surface area contributed by atoms with Gasteiger partial charge in [0.25, 0.3) is 0 Å². The molecule has 0 aliphatic carbocycles. The minimum Gasteiger partial charge on any atom is -0.468 e. The molecule has 0 aliphatic rings. The number of ether oxygens (including phenoxy) is 1. The topological polar surface area (TPSA) is 86.0 Å². The molecule has 0 aliphatic heterocycles. The van der Waals surface area contributed by atoms with Crippen molar-refractivity contribution in [2.75, 3.05) is 6.61 Å². The number of aryl methyl sites for hydroxylation is 3. The first-order valence-electron chi connectivity index (χ1n) is 10.6. The molecule has 0 saturated carbocycles. The van der Waals surface area contributed by atoms with Crippen LogP contribution >= 0.6 is 0 Å². The summed E-state index contributed by atoms with van der Waals surface area (Å²) < 4.78 is 95.6. The lowest BCUT2D eigenvalue weighted by molar-refractivity contribution is -0.154. The molecule has 7 nitrogen and oxygen atoms in total. The second-order valence-electron chi connectivity index (χ2n) is 8.17. The molecule has 1 unspecified atom stereocenters. The van der Waals surface area contributed by atoms with Crippen molar-refractivity contribution in [2.45, 2.75) is 51.3 Å². The predicted octanol–water partition coefficient (Wildman–Crippen LogP) is 4.55. The number of halogens is 7. The van der Waals surface area contributed by atoms with E-state index < -0.39 is 43.3 Å². The van der Waals surface area contributed by atoms with Gasteiger partial charge in [-0.25, -0.2) is 9.37 Å². The van der Waals surface area contributed by atoms with Crippen LogP contribution in [0.5, 0.6) is 5.88 Å². The van der Waals surface area contributed by atoms with Gasteiger partial charge in [0.2, 0.25) is 5.88 Å². The lowest BCUT2D eigenvalue weighted by Crippen LogP contribution is -2.20. The molecule has 0 radical (unpaired) electrons. The average Bonchev–Trinajstić information content (AvgIpc) is 3.18. The van der Waals surface area contributed by atoms with Gasteiger partial charge in [-0.2, -0.15) is 36.5 Å². The number of hydrogen-bond donors (Lipinski definition) is 1. The quantitative estimate of drug-likeness (QED) is 0.416. The van der Waals surface area contributed by atoms with Crippen LogP contribution in [0.3, 0.4) is 0 Å². The van der Waals surface area contributed by atoms with E-state index in [9.17, 15) is 35.8 Å². The Morgan fingerprint density at radius 3 is 2.44 bits per heavy atom. The van der Waals surface area contributed by atoms with Crippen LogP contribution in [0.1, 0.15) is 34.5 Å². The molecule has 0 fully saturated rings. The third-order valence-electron chi connectivity index (χ3n) is 5.09. The number of alkyl halides is 7. The number of aromatic nitrogens is 5. The van der Waals surface area contributed by atoms with Crippen molar-refractivity contribution >= 4 is 0 Å². The molecule has 0 amide bonds. The van der Waals surface area contributed by atoms with Gasteiger partial charge in [-0.3, -0.25) is 4.68 Å². The molecule has 1 N–H and O–H groups in total. The van der Waals surface area contributed by atoms with Gasteiger partial charge in [0.15, 0.2) is 12.3 Å². The number of pyridine rings is 1. The highest BCUT2D eigenvalue weighted by Gasteiger charge is 2.38. The Kier molecular flexibility index (Phi) is 8.16. The Hall–Kier alpha value is -3.29. The molecule has 0 spiro atoms. The van der Waals surface area contributed by atoms with E-state index in [0.717, 1.165) is 4.68 Å². The Labute approximate surface area is 200 Å². The molecule has 0 bridgehead atoms. The standard InChI is InChI=1S/C22H22F7N5O2/c1-12-5-15(31-32-18(12)17-10-34(2)33-19(17)22(27,28)29)3-4-16(35)7-13-6-14(8-23)20(30-9-13)36-11-21(24,25)26/h5-6,9-10,16,35H,3-4,7-8,11H2,1-2H3. The summed E-state index contributed by atoms with van der Waals surface area (Å²) in [5, 5.41) is 21.7. The van der Waals surface area contributed by atoms with Crippen molar-refractivity contribution in [3.63, 3.8) is 0 Å². The molecule has 0 saturated heterocycles. The average molecular weight is 521 g/mol. The Balaban J connectivity index is 1.64. The lowest BCUT2D eigenvalue weighted by atomic mass is 10.0. The van der Waals surface area contributed by atoms with Gasteiger partial charge < -0.3 is 9.84 Å². The zero-order chi connectivity index (χ0) is 26.7. The summed E-state index contributed by atoms with van der Waals surface area (Å²) in [5.74, 6) is -0.471. The van der Waals surface area contributed by atoms with E-state index in [1.165, 1.54) is 25.5 Å². The van der Waals surface area contributed by atoms with E-state index in [0.29, 0.717) is 16.8 Å². The van der Waals surface area contributed by atoms with Crippen LogP contribution in [0.2, 0.25) is 0 Å². The molecule has 1 atom stereocenters. The summed E-state index contributed by atoms with van der Waals surface area (Å²) in [4.78, 5) is 3.72. The van der Waals surface area contributed by atoms with Crippen molar-refractivity contribution in [3.05, 3.63) is 52.6 Å². The highest BCUT2D eigenvalue weighted by Crippen LogP contribution is 2.36. The Bertz CT molecular complexity index is 1190. The van der Waals surface area contributed by atoms with E-state index in [-0.39, 0.29) is 36.1 Å². The molecular weight excluding hydrogens is 499 g/mol. The summed E-state index contributed by atoms with van der Waals surface area (Å²) in [6, 6.07) is 2.84. The van der Waals surface area contributed by atoms with Gasteiger partial charge in [-0.05, 0) is 49.4 Å². The monoisotopic (exact) mass is 521 g/mol. The van der Waals surface area contributed by atoms with Gasteiger partial charge in [-0.15, -0.1) is 5.10 Å². The third kappa shape index (κ3) is 7.12. The lowest BCUT2D eigenvalue weighted by Gasteiger charge is -2.14. The number of rotatable bonds is 9. The molecule has 14 heteroatoms. The van der Waals surface area contributed by atoms with E-state index in [2.05, 4.69) is 25.0 Å². The predicted molar refractivity (Wildman–Crippen MR) is 113 cm³/mol. The minimum absolute atomic E-state index is 0.0364. The van der Waals surface area contributed by atoms with Crippen LogP contribution in [0.4, 0.5) is 30.7 Å². The van der Waals surface area contributed by atoms with Crippen molar-refractivity contribution in [2.24, 2.45) is 7.05 Å².